The van der Waals surface area contributed by atoms with Crippen LogP contribution in [0.2, 0.25) is 0 Å². The maximum Gasteiger partial charge on any atom is 0.296 e. The van der Waals surface area contributed by atoms with Gasteiger partial charge in [0.05, 0.1) is 16.3 Å². The number of thiocarbonyl (C=S) groups is 1. The number of anilines is 2. The van der Waals surface area contributed by atoms with Gasteiger partial charge in [0, 0.05) is 45.3 Å². The Bertz CT molecular complexity index is 1790. The molecule has 0 unspecified atom stereocenters. The summed E-state index contributed by atoms with van der Waals surface area (Å²) in [5, 5.41) is 9.97. The third-order valence-corrected chi connectivity index (χ3v) is 9.53. The van der Waals surface area contributed by atoms with Crippen molar-refractivity contribution in [1.82, 2.24) is 18.8 Å². The molecule has 10 nitrogen and oxygen atoms in total. The molecule has 0 aliphatic carbocycles. The highest BCUT2D eigenvalue weighted by molar-refractivity contribution is 8.27. The highest BCUT2D eigenvalue weighted by Crippen LogP contribution is 2.38. The van der Waals surface area contributed by atoms with Gasteiger partial charge in [0.25, 0.3) is 17.0 Å². The number of benzene rings is 1. The van der Waals surface area contributed by atoms with Crippen LogP contribution in [0.1, 0.15) is 42.7 Å². The zero-order chi connectivity index (χ0) is 31.0. The molecule has 1 amide bonds. The van der Waals surface area contributed by atoms with Gasteiger partial charge in [0.1, 0.15) is 23.1 Å². The zero-order valence-electron chi connectivity index (χ0n) is 25.1. The Morgan fingerprint density at radius 3 is 2.30 bits per heavy atom. The van der Waals surface area contributed by atoms with Crippen LogP contribution in [-0.4, -0.2) is 61.8 Å². The van der Waals surface area contributed by atoms with E-state index < -0.39 is 5.91 Å². The molecule has 224 valence electrons. The van der Waals surface area contributed by atoms with E-state index in [2.05, 4.69) is 22.8 Å². The van der Waals surface area contributed by atoms with E-state index in [0.29, 0.717) is 59.3 Å². The van der Waals surface area contributed by atoms with Crippen molar-refractivity contribution < 1.29 is 4.79 Å². The second-order valence-electron chi connectivity index (χ2n) is 10.7. The summed E-state index contributed by atoms with van der Waals surface area (Å²) in [6, 6.07) is 11.3. The van der Waals surface area contributed by atoms with Gasteiger partial charge in [0.2, 0.25) is 0 Å². The van der Waals surface area contributed by atoms with Crippen LogP contribution in [0, 0.1) is 25.2 Å². The Hall–Kier alpha value is -3.92. The number of piperazine rings is 1. The Kier molecular flexibility index (Phi) is 8.78. The summed E-state index contributed by atoms with van der Waals surface area (Å²) >= 11 is 6.80. The topological polar surface area (TPSA) is 99.5 Å². The Morgan fingerprint density at radius 2 is 1.70 bits per heavy atom. The molecule has 0 saturated carbocycles. The lowest BCUT2D eigenvalue weighted by atomic mass is 10.0. The molecule has 0 radical (unpaired) electrons. The SMILES string of the molecule is CCCn1c(N2CCN(CC)CC2)c(/C=C2/SC(=S)N(c3c(C)n(C)n(-c4ccccc4)c3=O)C2=O)c(C)c(C#N)c1=O. The Balaban J connectivity index is 1.65. The first-order chi connectivity index (χ1) is 20.6. The Morgan fingerprint density at radius 1 is 1.02 bits per heavy atom. The van der Waals surface area contributed by atoms with Gasteiger partial charge in [-0.05, 0) is 50.6 Å². The number of nitriles is 1. The molecule has 4 heterocycles. The quantitative estimate of drug-likeness (QED) is 0.292. The van der Waals surface area contributed by atoms with Crippen molar-refractivity contribution in [2.24, 2.45) is 7.05 Å². The van der Waals surface area contributed by atoms with Crippen LogP contribution < -0.4 is 20.9 Å². The van der Waals surface area contributed by atoms with Gasteiger partial charge in [-0.2, -0.15) is 5.26 Å². The fourth-order valence-electron chi connectivity index (χ4n) is 5.80. The number of carbonyl (C=O) groups excluding carboxylic acids is 1. The molecule has 2 fully saturated rings. The third kappa shape index (κ3) is 5.26. The second-order valence-corrected chi connectivity index (χ2v) is 12.3. The smallest absolute Gasteiger partial charge is 0.296 e. The molecule has 0 N–H and O–H groups in total. The number of hydrogen-bond donors (Lipinski definition) is 0. The molecule has 2 aromatic heterocycles. The first-order valence-electron chi connectivity index (χ1n) is 14.4. The molecule has 3 aromatic rings. The van der Waals surface area contributed by atoms with E-state index in [0.717, 1.165) is 31.4 Å². The standard InChI is InChI=1S/C31H35N7O3S2/c1-6-13-36-27(35-16-14-34(7-2)15-17-35)23(20(3)24(19-32)28(36)39)18-25-29(40)37(31(42)43-25)26-21(4)33(5)38(30(26)41)22-11-9-8-10-12-22/h8-12,18H,6-7,13-17H2,1-5H3/b25-18+. The van der Waals surface area contributed by atoms with Crippen molar-refractivity contribution in [2.75, 3.05) is 42.5 Å². The number of hydrogen-bond acceptors (Lipinski definition) is 8. The lowest BCUT2D eigenvalue weighted by Crippen LogP contribution is -2.48. The molecule has 0 atom stereocenters. The van der Waals surface area contributed by atoms with Crippen LogP contribution in [0.15, 0.2) is 44.8 Å². The molecule has 0 bridgehead atoms. The number of rotatable bonds is 7. The van der Waals surface area contributed by atoms with Crippen molar-refractivity contribution in [2.45, 2.75) is 40.7 Å². The van der Waals surface area contributed by atoms with E-state index in [9.17, 15) is 19.6 Å². The minimum atomic E-state index is -0.408. The fraction of sp³-hybridized carbons (Fsp3) is 0.387. The van der Waals surface area contributed by atoms with Crippen LogP contribution >= 0.6 is 24.0 Å². The number of aromatic nitrogens is 3. The predicted molar refractivity (Wildman–Crippen MR) is 176 cm³/mol. The number of nitrogens with zero attached hydrogens (tertiary/aromatic N) is 7. The van der Waals surface area contributed by atoms with Crippen molar-refractivity contribution in [3.8, 4) is 11.8 Å². The number of amides is 1. The fourth-order valence-corrected chi connectivity index (χ4v) is 7.05. The molecule has 0 spiro atoms. The monoisotopic (exact) mass is 617 g/mol. The van der Waals surface area contributed by atoms with E-state index in [1.165, 1.54) is 9.58 Å². The Labute approximate surface area is 260 Å². The third-order valence-electron chi connectivity index (χ3n) is 8.23. The van der Waals surface area contributed by atoms with Crippen LogP contribution in [0.4, 0.5) is 11.5 Å². The van der Waals surface area contributed by atoms with Gasteiger partial charge < -0.3 is 9.80 Å². The number of likely N-dealkylation sites (N-methyl/N-ethyl adjacent to an activating group) is 1. The molecule has 12 heteroatoms. The summed E-state index contributed by atoms with van der Waals surface area (Å²) in [4.78, 5) is 47.5. The molecule has 2 aliphatic heterocycles. The first-order valence-corrected chi connectivity index (χ1v) is 15.6. The van der Waals surface area contributed by atoms with Crippen LogP contribution in [0.3, 0.4) is 0 Å². The van der Waals surface area contributed by atoms with Gasteiger partial charge in [-0.3, -0.25) is 28.5 Å². The summed E-state index contributed by atoms with van der Waals surface area (Å²) in [6.45, 7) is 12.2. The number of carbonyl (C=O) groups is 1. The highest BCUT2D eigenvalue weighted by atomic mass is 32.2. The maximum atomic E-state index is 14.0. The lowest BCUT2D eigenvalue weighted by Gasteiger charge is -2.37. The van der Waals surface area contributed by atoms with Crippen molar-refractivity contribution in [3.63, 3.8) is 0 Å². The van der Waals surface area contributed by atoms with E-state index in [1.807, 2.05) is 37.3 Å². The maximum absolute atomic E-state index is 14.0. The summed E-state index contributed by atoms with van der Waals surface area (Å²) in [6.07, 6.45) is 2.45. The minimum Gasteiger partial charge on any atom is -0.355 e. The molecule has 2 saturated heterocycles. The summed E-state index contributed by atoms with van der Waals surface area (Å²) in [5.41, 5.74) is 2.06. The molecule has 43 heavy (non-hydrogen) atoms. The van der Waals surface area contributed by atoms with Crippen LogP contribution in [-0.2, 0) is 18.4 Å². The summed E-state index contributed by atoms with van der Waals surface area (Å²) in [7, 11) is 1.77. The van der Waals surface area contributed by atoms with E-state index in [1.54, 1.807) is 36.2 Å². The van der Waals surface area contributed by atoms with E-state index in [4.69, 9.17) is 12.2 Å². The lowest BCUT2D eigenvalue weighted by molar-refractivity contribution is -0.113. The van der Waals surface area contributed by atoms with Crippen molar-refractivity contribution in [1.29, 1.82) is 5.26 Å². The van der Waals surface area contributed by atoms with Gasteiger partial charge in [-0.25, -0.2) is 4.68 Å². The molecule has 5 rings (SSSR count). The van der Waals surface area contributed by atoms with Crippen LogP contribution in [0.25, 0.3) is 11.8 Å². The average molecular weight is 618 g/mol. The molecular formula is C31H35N7O3S2. The van der Waals surface area contributed by atoms with Gasteiger partial charge in [0.15, 0.2) is 4.32 Å². The summed E-state index contributed by atoms with van der Waals surface area (Å²) in [5.74, 6) is 0.306. The first kappa shape index (κ1) is 30.5. The summed E-state index contributed by atoms with van der Waals surface area (Å²) < 4.78 is 5.16. The average Bonchev–Trinajstić information content (AvgIpc) is 3.40. The van der Waals surface area contributed by atoms with Gasteiger partial charge in [-0.1, -0.05) is 56.0 Å². The number of pyridine rings is 1. The largest absolute Gasteiger partial charge is 0.355 e. The predicted octanol–water partition coefficient (Wildman–Crippen LogP) is 3.78. The van der Waals surface area contributed by atoms with Crippen molar-refractivity contribution in [3.05, 3.63) is 78.3 Å². The molecule has 1 aromatic carbocycles. The van der Waals surface area contributed by atoms with Gasteiger partial charge >= 0.3 is 0 Å². The normalized spacial score (nSPS) is 16.9. The number of para-hydroxylation sites is 1. The van der Waals surface area contributed by atoms with Crippen LogP contribution in [0.5, 0.6) is 0 Å². The number of thioether (sulfide) groups is 1. The zero-order valence-corrected chi connectivity index (χ0v) is 26.7. The van der Waals surface area contributed by atoms with Crippen molar-refractivity contribution >= 4 is 51.8 Å². The second kappa shape index (κ2) is 12.4. The molecule has 2 aliphatic rings. The highest BCUT2D eigenvalue weighted by Gasteiger charge is 2.38. The molecular weight excluding hydrogens is 583 g/mol. The van der Waals surface area contributed by atoms with E-state index in [-0.39, 0.29) is 26.7 Å². The minimum absolute atomic E-state index is 0.0655. The van der Waals surface area contributed by atoms with Gasteiger partial charge in [-0.15, -0.1) is 0 Å². The van der Waals surface area contributed by atoms with E-state index >= 15 is 0 Å².